The summed E-state index contributed by atoms with van der Waals surface area (Å²) in [4.78, 5) is 94.1. The molecule has 5 aromatic carbocycles. The number of ketones is 1. The predicted octanol–water partition coefficient (Wildman–Crippen LogP) is 8.26. The molecule has 5 aliphatic rings. The van der Waals surface area contributed by atoms with Gasteiger partial charge >= 0.3 is 5.97 Å². The lowest BCUT2D eigenvalue weighted by Crippen LogP contribution is -2.37. The molecule has 0 aliphatic carbocycles. The molecule has 0 bridgehead atoms. The SMILES string of the molecule is COc1cc2c(cc1OCc1cc(COc3cc4c(cc3C)C(=O)N3c5ccccc5C[C@H]3C=N4)cc(OCCCC(=O)CCCOCCC(=O)ON3C(=O)CCC3=O)c1)N=C[C@@H]1Cc3ccccc3N1C2=O. The molecule has 5 aliphatic heterocycles. The maximum absolute atomic E-state index is 14.0. The van der Waals surface area contributed by atoms with Crippen LogP contribution in [0.25, 0.3) is 0 Å². The zero-order valence-corrected chi connectivity index (χ0v) is 40.5. The normalized spacial score (nSPS) is 17.0. The molecular formula is C56H53N5O12. The summed E-state index contributed by atoms with van der Waals surface area (Å²) in [7, 11) is 1.53. The van der Waals surface area contributed by atoms with Crippen molar-refractivity contribution < 1.29 is 57.3 Å². The molecule has 2 atom stereocenters. The van der Waals surface area contributed by atoms with Crippen molar-refractivity contribution in [3.8, 4) is 23.0 Å². The fourth-order valence-electron chi connectivity index (χ4n) is 9.71. The number of benzene rings is 5. The first kappa shape index (κ1) is 48.4. The molecule has 5 heterocycles. The van der Waals surface area contributed by atoms with E-state index in [9.17, 15) is 28.8 Å². The van der Waals surface area contributed by atoms with Crippen molar-refractivity contribution in [2.45, 2.75) is 90.0 Å². The van der Waals surface area contributed by atoms with Crippen molar-refractivity contribution in [1.29, 1.82) is 0 Å². The molecule has 17 nitrogen and oxygen atoms in total. The number of ether oxygens (including phenoxy) is 5. The predicted molar refractivity (Wildman–Crippen MR) is 269 cm³/mol. The van der Waals surface area contributed by atoms with Gasteiger partial charge < -0.3 is 28.5 Å². The van der Waals surface area contributed by atoms with Crippen molar-refractivity contribution in [1.82, 2.24) is 5.06 Å². The number of para-hydroxylation sites is 2. The van der Waals surface area contributed by atoms with E-state index in [2.05, 4.69) is 0 Å². The molecule has 5 aromatic rings. The van der Waals surface area contributed by atoms with Crippen LogP contribution >= 0.6 is 0 Å². The minimum absolute atomic E-state index is 0.0180. The molecule has 1 saturated heterocycles. The molecule has 10 rings (SSSR count). The standard InChI is InChI=1S/C56H53N5O12/c1-34-21-43-45(57-30-39-25-37-9-3-5-13-47(37)59(39)55(43)66)28-49(34)71-32-35-22-36(24-42(23-35)70-19-8-12-41(62)11-7-18-69-20-17-54(65)73-61-52(63)15-16-53(61)64)33-72-51-29-46-44(27-50(51)68-2)56(67)60-40(31-58-46)26-38-10-4-6-14-48(38)60/h3-6,9-10,13-14,21-24,27-31,39-40H,7-8,11-12,15-20,25-26,32-33H2,1-2H3/t39-,40-/m0/s1. The second kappa shape index (κ2) is 21.3. The third kappa shape index (κ3) is 10.4. The molecule has 1 fully saturated rings. The number of anilines is 2. The van der Waals surface area contributed by atoms with Crippen molar-refractivity contribution in [3.63, 3.8) is 0 Å². The molecular weight excluding hydrogens is 935 g/mol. The highest BCUT2D eigenvalue weighted by atomic mass is 16.7. The average Bonchev–Trinajstić information content (AvgIpc) is 4.01. The van der Waals surface area contributed by atoms with E-state index in [0.717, 1.165) is 39.2 Å². The topological polar surface area (TPSA) is 192 Å². The summed E-state index contributed by atoms with van der Waals surface area (Å²) in [6, 6.07) is 28.1. The highest BCUT2D eigenvalue weighted by molar-refractivity contribution is 6.16. The molecule has 0 radical (unpaired) electrons. The summed E-state index contributed by atoms with van der Waals surface area (Å²) in [5.74, 6) is -0.191. The third-order valence-corrected chi connectivity index (χ3v) is 13.3. The number of hydrogen-bond acceptors (Lipinski definition) is 14. The summed E-state index contributed by atoms with van der Waals surface area (Å²) in [6.45, 7) is 2.66. The number of aryl methyl sites for hydroxylation is 1. The van der Waals surface area contributed by atoms with Gasteiger partial charge in [0, 0.05) is 81.1 Å². The van der Waals surface area contributed by atoms with Gasteiger partial charge in [-0.25, -0.2) is 4.79 Å². The van der Waals surface area contributed by atoms with Crippen molar-refractivity contribution in [2.24, 2.45) is 9.98 Å². The Morgan fingerprint density at radius 3 is 1.79 bits per heavy atom. The number of carbonyl (C=O) groups excluding carboxylic acids is 6. The van der Waals surface area contributed by atoms with Gasteiger partial charge in [-0.3, -0.25) is 43.8 Å². The Morgan fingerprint density at radius 1 is 0.616 bits per heavy atom. The Hall–Kier alpha value is -8.18. The lowest BCUT2D eigenvalue weighted by molar-refractivity contribution is -0.198. The number of Topliss-reactive ketones (excluding diaryl/α,β-unsaturated/α-hetero) is 1. The fraction of sp³-hybridized carbons (Fsp3) is 0.321. The van der Waals surface area contributed by atoms with Gasteiger partial charge in [-0.1, -0.05) is 36.4 Å². The van der Waals surface area contributed by atoms with Crippen LogP contribution < -0.4 is 28.7 Å². The summed E-state index contributed by atoms with van der Waals surface area (Å²) in [6.07, 6.45) is 6.38. The van der Waals surface area contributed by atoms with Crippen LogP contribution in [0.5, 0.6) is 23.0 Å². The number of nitrogens with zero attached hydrogens (tertiary/aromatic N) is 5. The molecule has 4 amide bonds. The lowest BCUT2D eigenvalue weighted by Gasteiger charge is -2.22. The molecule has 0 saturated carbocycles. The van der Waals surface area contributed by atoms with Crippen molar-refractivity contribution in [3.05, 3.63) is 130 Å². The van der Waals surface area contributed by atoms with E-state index in [1.807, 2.05) is 103 Å². The van der Waals surface area contributed by atoms with Gasteiger partial charge in [0.25, 0.3) is 23.6 Å². The Balaban J connectivity index is 0.791. The summed E-state index contributed by atoms with van der Waals surface area (Å²) in [5.41, 5.74) is 8.19. The van der Waals surface area contributed by atoms with E-state index < -0.39 is 17.8 Å². The van der Waals surface area contributed by atoms with Crippen LogP contribution in [0, 0.1) is 6.92 Å². The van der Waals surface area contributed by atoms with E-state index in [0.29, 0.717) is 76.2 Å². The van der Waals surface area contributed by atoms with Gasteiger partial charge in [0.15, 0.2) is 11.5 Å². The second-order valence-electron chi connectivity index (χ2n) is 18.4. The van der Waals surface area contributed by atoms with Gasteiger partial charge in [-0.2, -0.15) is 0 Å². The number of fused-ring (bicyclic) bond motifs is 8. The molecule has 0 spiro atoms. The summed E-state index contributed by atoms with van der Waals surface area (Å²) in [5, 5.41) is 0.503. The minimum Gasteiger partial charge on any atom is -0.494 e. The van der Waals surface area contributed by atoms with E-state index in [4.69, 9.17) is 38.5 Å². The summed E-state index contributed by atoms with van der Waals surface area (Å²) < 4.78 is 30.4. The van der Waals surface area contributed by atoms with Crippen molar-refractivity contribution >= 4 is 70.6 Å². The first-order chi connectivity index (χ1) is 35.5. The number of amides is 4. The minimum atomic E-state index is -0.745. The molecule has 0 aromatic heterocycles. The van der Waals surface area contributed by atoms with Crippen LogP contribution in [0.2, 0.25) is 0 Å². The second-order valence-corrected chi connectivity index (χ2v) is 18.4. The first-order valence-corrected chi connectivity index (χ1v) is 24.5. The van der Waals surface area contributed by atoms with Crippen LogP contribution in [0.3, 0.4) is 0 Å². The summed E-state index contributed by atoms with van der Waals surface area (Å²) >= 11 is 0. The molecule has 17 heteroatoms. The Morgan fingerprint density at radius 2 is 1.18 bits per heavy atom. The zero-order chi connectivity index (χ0) is 50.6. The zero-order valence-electron chi connectivity index (χ0n) is 40.5. The molecule has 0 N–H and O–H groups in total. The molecule has 374 valence electrons. The fourth-order valence-corrected chi connectivity index (χ4v) is 9.71. The Labute approximate surface area is 421 Å². The highest BCUT2D eigenvalue weighted by Gasteiger charge is 2.38. The van der Waals surface area contributed by atoms with Gasteiger partial charge in [0.2, 0.25) is 0 Å². The van der Waals surface area contributed by atoms with E-state index in [1.54, 1.807) is 17.0 Å². The van der Waals surface area contributed by atoms with Crippen LogP contribution in [-0.2, 0) is 54.8 Å². The number of hydroxylamine groups is 2. The first-order valence-electron chi connectivity index (χ1n) is 24.5. The van der Waals surface area contributed by atoms with Gasteiger partial charge in [0.05, 0.1) is 61.3 Å². The number of aliphatic imine (C=N–C) groups is 2. The van der Waals surface area contributed by atoms with Gasteiger partial charge in [-0.05, 0) is 90.0 Å². The maximum Gasteiger partial charge on any atom is 0.335 e. The Bertz CT molecular complexity index is 3080. The number of methoxy groups -OCH3 is 1. The Kier molecular flexibility index (Phi) is 14.1. The van der Waals surface area contributed by atoms with Crippen LogP contribution in [0.1, 0.15) is 93.5 Å². The quantitative estimate of drug-likeness (QED) is 0.0537. The molecule has 0 unspecified atom stereocenters. The van der Waals surface area contributed by atoms with Gasteiger partial charge in [-0.15, -0.1) is 5.06 Å². The van der Waals surface area contributed by atoms with Crippen molar-refractivity contribution in [2.75, 3.05) is 36.7 Å². The highest BCUT2D eigenvalue weighted by Crippen LogP contribution is 2.42. The number of imide groups is 1. The van der Waals surface area contributed by atoms with Crippen LogP contribution in [0.15, 0.2) is 101 Å². The van der Waals surface area contributed by atoms with Gasteiger partial charge in [0.1, 0.15) is 30.5 Å². The van der Waals surface area contributed by atoms with Crippen LogP contribution in [-0.4, -0.2) is 91.9 Å². The van der Waals surface area contributed by atoms with E-state index >= 15 is 0 Å². The largest absolute Gasteiger partial charge is 0.494 e. The smallest absolute Gasteiger partial charge is 0.335 e. The maximum atomic E-state index is 14.0. The third-order valence-electron chi connectivity index (χ3n) is 13.3. The monoisotopic (exact) mass is 987 g/mol. The van der Waals surface area contributed by atoms with Crippen LogP contribution in [0.4, 0.5) is 22.7 Å². The average molecular weight is 988 g/mol. The lowest BCUT2D eigenvalue weighted by atomic mass is 10.1. The van der Waals surface area contributed by atoms with E-state index in [-0.39, 0.29) is 94.8 Å². The van der Waals surface area contributed by atoms with E-state index in [1.165, 1.54) is 7.11 Å². The number of rotatable bonds is 20. The molecule has 73 heavy (non-hydrogen) atoms. The number of carbonyl (C=O) groups is 6. The number of hydrogen-bond donors (Lipinski definition) is 0.